The first-order valence-corrected chi connectivity index (χ1v) is 4.61. The molecule has 1 aliphatic rings. The Morgan fingerprint density at radius 3 is 2.00 bits per heavy atom. The summed E-state index contributed by atoms with van der Waals surface area (Å²) in [6.45, 7) is 9.52. The van der Waals surface area contributed by atoms with Crippen LogP contribution < -0.4 is 5.73 Å². The van der Waals surface area contributed by atoms with Crippen LogP contribution in [0.5, 0.6) is 0 Å². The van der Waals surface area contributed by atoms with E-state index in [4.69, 9.17) is 10.5 Å². The first kappa shape index (κ1) is 10.5. The molecule has 76 valence electrons. The van der Waals surface area contributed by atoms with Crippen LogP contribution in [0.25, 0.3) is 0 Å². The summed E-state index contributed by atoms with van der Waals surface area (Å²) in [5.74, 6) is -0.273. The normalized spacial score (nSPS) is 31.2. The van der Waals surface area contributed by atoms with Gasteiger partial charge in [-0.15, -0.1) is 0 Å². The Labute approximate surface area is 79.6 Å². The van der Waals surface area contributed by atoms with Crippen LogP contribution in [-0.2, 0) is 9.53 Å². The van der Waals surface area contributed by atoms with Gasteiger partial charge in [-0.25, -0.2) is 0 Å². The van der Waals surface area contributed by atoms with Crippen molar-refractivity contribution in [2.75, 3.05) is 0 Å². The molecule has 1 atom stereocenters. The zero-order valence-corrected chi connectivity index (χ0v) is 9.10. The van der Waals surface area contributed by atoms with Gasteiger partial charge in [-0.1, -0.05) is 13.8 Å². The molecule has 3 heteroatoms. The third-order valence-corrected chi connectivity index (χ3v) is 2.57. The molecule has 0 aromatic rings. The summed E-state index contributed by atoms with van der Waals surface area (Å²) in [5.41, 5.74) is 4.61. The molecule has 0 spiro atoms. The largest absolute Gasteiger partial charge is 0.459 e. The van der Waals surface area contributed by atoms with E-state index in [-0.39, 0.29) is 11.4 Å². The minimum Gasteiger partial charge on any atom is -0.459 e. The highest BCUT2D eigenvalue weighted by atomic mass is 16.6. The number of esters is 1. The predicted octanol–water partition coefficient (Wildman–Crippen LogP) is 1.46. The summed E-state index contributed by atoms with van der Waals surface area (Å²) >= 11 is 0. The Bertz CT molecular complexity index is 240. The highest BCUT2D eigenvalue weighted by Gasteiger charge is 2.65. The van der Waals surface area contributed by atoms with Gasteiger partial charge in [0.15, 0.2) is 0 Å². The third-order valence-electron chi connectivity index (χ3n) is 2.57. The van der Waals surface area contributed by atoms with Gasteiger partial charge in [0.05, 0.1) is 0 Å². The monoisotopic (exact) mass is 185 g/mol. The Kier molecular flexibility index (Phi) is 2.00. The van der Waals surface area contributed by atoms with Crippen molar-refractivity contribution in [1.29, 1.82) is 0 Å². The number of hydrogen-bond acceptors (Lipinski definition) is 3. The van der Waals surface area contributed by atoms with Crippen LogP contribution >= 0.6 is 0 Å². The van der Waals surface area contributed by atoms with Crippen LogP contribution in [0.15, 0.2) is 0 Å². The summed E-state index contributed by atoms with van der Waals surface area (Å²) < 4.78 is 5.24. The van der Waals surface area contributed by atoms with Gasteiger partial charge in [0, 0.05) is 0 Å². The average Bonchev–Trinajstić information content (AvgIpc) is 2.29. The number of nitrogens with two attached hydrogens (primary N) is 1. The molecule has 0 saturated heterocycles. The molecule has 1 aliphatic carbocycles. The maximum Gasteiger partial charge on any atom is 0.327 e. The van der Waals surface area contributed by atoms with E-state index < -0.39 is 11.1 Å². The zero-order chi connectivity index (χ0) is 10.5. The van der Waals surface area contributed by atoms with Crippen molar-refractivity contribution in [3.63, 3.8) is 0 Å². The van der Waals surface area contributed by atoms with Gasteiger partial charge in [-0.05, 0) is 32.6 Å². The average molecular weight is 185 g/mol. The quantitative estimate of drug-likeness (QED) is 0.629. The van der Waals surface area contributed by atoms with E-state index in [0.29, 0.717) is 0 Å². The van der Waals surface area contributed by atoms with E-state index in [0.717, 1.165) is 6.42 Å². The lowest BCUT2D eigenvalue weighted by Crippen LogP contribution is -2.42. The molecule has 0 bridgehead atoms. The van der Waals surface area contributed by atoms with Gasteiger partial charge >= 0.3 is 5.97 Å². The van der Waals surface area contributed by atoms with Crippen molar-refractivity contribution in [3.8, 4) is 0 Å². The molecule has 13 heavy (non-hydrogen) atoms. The van der Waals surface area contributed by atoms with Crippen molar-refractivity contribution in [2.45, 2.75) is 52.2 Å². The maximum absolute atomic E-state index is 11.6. The summed E-state index contributed by atoms with van der Waals surface area (Å²) in [5, 5.41) is 0. The van der Waals surface area contributed by atoms with E-state index in [1.54, 1.807) is 0 Å². The molecule has 0 aliphatic heterocycles. The molecule has 1 saturated carbocycles. The van der Waals surface area contributed by atoms with Crippen LogP contribution in [0.3, 0.4) is 0 Å². The van der Waals surface area contributed by atoms with Crippen molar-refractivity contribution < 1.29 is 9.53 Å². The second-order valence-electron chi connectivity index (χ2n) is 5.53. The fraction of sp³-hybridized carbons (Fsp3) is 0.900. The zero-order valence-electron chi connectivity index (χ0n) is 9.10. The van der Waals surface area contributed by atoms with Gasteiger partial charge in [-0.2, -0.15) is 0 Å². The molecule has 0 heterocycles. The fourth-order valence-electron chi connectivity index (χ4n) is 1.37. The minimum atomic E-state index is -0.750. The van der Waals surface area contributed by atoms with E-state index >= 15 is 0 Å². The molecule has 0 aromatic carbocycles. The Morgan fingerprint density at radius 2 is 1.77 bits per heavy atom. The predicted molar refractivity (Wildman–Crippen MR) is 51.2 cm³/mol. The molecule has 1 unspecified atom stereocenters. The number of rotatable bonds is 1. The van der Waals surface area contributed by atoms with Gasteiger partial charge in [0.25, 0.3) is 0 Å². The van der Waals surface area contributed by atoms with Gasteiger partial charge in [-0.3, -0.25) is 4.79 Å². The highest BCUT2D eigenvalue weighted by Crippen LogP contribution is 2.54. The van der Waals surface area contributed by atoms with Crippen LogP contribution in [0.2, 0.25) is 0 Å². The molecule has 1 rings (SSSR count). The van der Waals surface area contributed by atoms with Gasteiger partial charge in [0.2, 0.25) is 0 Å². The molecular formula is C10H19NO2. The number of carbonyl (C=O) groups excluding carboxylic acids is 1. The second-order valence-corrected chi connectivity index (χ2v) is 5.53. The van der Waals surface area contributed by atoms with E-state index in [2.05, 4.69) is 0 Å². The van der Waals surface area contributed by atoms with Crippen LogP contribution in [-0.4, -0.2) is 17.1 Å². The lowest BCUT2D eigenvalue weighted by molar-refractivity contribution is -0.158. The lowest BCUT2D eigenvalue weighted by atomic mass is 10.1. The van der Waals surface area contributed by atoms with Gasteiger partial charge in [0.1, 0.15) is 11.1 Å². The maximum atomic E-state index is 11.6. The SMILES string of the molecule is CC(C)(C)OC(=O)C1(N)CC1(C)C. The summed E-state index contributed by atoms with van der Waals surface area (Å²) in [4.78, 5) is 11.6. The molecule has 0 amide bonds. The smallest absolute Gasteiger partial charge is 0.327 e. The van der Waals surface area contributed by atoms with Crippen molar-refractivity contribution in [1.82, 2.24) is 0 Å². The minimum absolute atomic E-state index is 0.102. The highest BCUT2D eigenvalue weighted by molar-refractivity contribution is 5.86. The van der Waals surface area contributed by atoms with Crippen LogP contribution in [0.4, 0.5) is 0 Å². The number of carbonyl (C=O) groups is 1. The van der Waals surface area contributed by atoms with E-state index in [1.165, 1.54) is 0 Å². The first-order chi connectivity index (χ1) is 5.58. The summed E-state index contributed by atoms with van der Waals surface area (Å²) in [6.07, 6.45) is 0.717. The molecule has 1 fully saturated rings. The molecule has 0 radical (unpaired) electrons. The van der Waals surface area contributed by atoms with Gasteiger partial charge < -0.3 is 10.5 Å². The van der Waals surface area contributed by atoms with Crippen molar-refractivity contribution in [3.05, 3.63) is 0 Å². The molecule has 3 nitrogen and oxygen atoms in total. The molecule has 2 N–H and O–H groups in total. The topological polar surface area (TPSA) is 52.3 Å². The Morgan fingerprint density at radius 1 is 1.38 bits per heavy atom. The standard InChI is InChI=1S/C10H19NO2/c1-8(2,3)13-7(12)10(11)6-9(10,4)5/h6,11H2,1-5H3. The molecule has 0 aromatic heterocycles. The van der Waals surface area contributed by atoms with E-state index in [9.17, 15) is 4.79 Å². The van der Waals surface area contributed by atoms with Crippen molar-refractivity contribution >= 4 is 5.97 Å². The number of hydrogen-bond donors (Lipinski definition) is 1. The van der Waals surface area contributed by atoms with E-state index in [1.807, 2.05) is 34.6 Å². The first-order valence-electron chi connectivity index (χ1n) is 4.61. The Hall–Kier alpha value is -0.570. The molecular weight excluding hydrogens is 166 g/mol. The number of ether oxygens (including phenoxy) is 1. The lowest BCUT2D eigenvalue weighted by Gasteiger charge is -2.23. The van der Waals surface area contributed by atoms with Crippen molar-refractivity contribution in [2.24, 2.45) is 11.1 Å². The summed E-state index contributed by atoms with van der Waals surface area (Å²) in [6, 6.07) is 0. The second kappa shape index (κ2) is 2.47. The van der Waals surface area contributed by atoms with Crippen LogP contribution in [0, 0.1) is 5.41 Å². The van der Waals surface area contributed by atoms with Crippen LogP contribution in [0.1, 0.15) is 41.0 Å². The third kappa shape index (κ3) is 1.85. The summed E-state index contributed by atoms with van der Waals surface area (Å²) in [7, 11) is 0. The fourth-order valence-corrected chi connectivity index (χ4v) is 1.37. The Balaban J connectivity index is 2.62.